The minimum absolute atomic E-state index is 0.576. The lowest BCUT2D eigenvalue weighted by molar-refractivity contribution is 0.880. The molecule has 2 rings (SSSR count). The van der Waals surface area contributed by atoms with E-state index in [1.54, 1.807) is 0 Å². The summed E-state index contributed by atoms with van der Waals surface area (Å²) in [5.41, 5.74) is 3.38. The first kappa shape index (κ1) is 11.9. The molecule has 1 aromatic heterocycles. The monoisotopic (exact) mass is 246 g/mol. The molecule has 0 saturated heterocycles. The average Bonchev–Trinajstić information content (AvgIpc) is 2.85. The molecule has 3 heteroatoms. The van der Waals surface area contributed by atoms with Gasteiger partial charge in [0.05, 0.1) is 11.9 Å². The summed E-state index contributed by atoms with van der Waals surface area (Å²) in [5, 5.41) is 4.34. The van der Waals surface area contributed by atoms with Crippen molar-refractivity contribution >= 4 is 17.7 Å². The van der Waals surface area contributed by atoms with E-state index in [0.717, 1.165) is 17.7 Å². The first-order valence-electron chi connectivity index (χ1n) is 5.69. The lowest BCUT2D eigenvalue weighted by Gasteiger charge is -1.99. The van der Waals surface area contributed by atoms with E-state index >= 15 is 0 Å². The standard InChI is InChI=1S/C14H15ClN2/c1-2-12(9-15)8-13-10-16-17(11-13)14-6-4-3-5-7-14/h3-8,10-11H,2,9H2,1H3. The Morgan fingerprint density at radius 3 is 2.76 bits per heavy atom. The van der Waals surface area contributed by atoms with Gasteiger partial charge in [0.2, 0.25) is 0 Å². The molecule has 0 aliphatic rings. The lowest BCUT2D eigenvalue weighted by Crippen LogP contribution is -1.92. The van der Waals surface area contributed by atoms with Gasteiger partial charge in [-0.05, 0) is 18.6 Å². The van der Waals surface area contributed by atoms with Crippen molar-refractivity contribution in [3.05, 3.63) is 53.9 Å². The molecule has 2 nitrogen and oxygen atoms in total. The minimum atomic E-state index is 0.576. The van der Waals surface area contributed by atoms with Crippen LogP contribution in [0, 0.1) is 0 Å². The number of aromatic nitrogens is 2. The number of nitrogens with zero attached hydrogens (tertiary/aromatic N) is 2. The fourth-order valence-corrected chi connectivity index (χ4v) is 1.87. The zero-order valence-corrected chi connectivity index (χ0v) is 10.6. The zero-order valence-electron chi connectivity index (χ0n) is 9.81. The molecule has 0 unspecified atom stereocenters. The highest BCUT2D eigenvalue weighted by Crippen LogP contribution is 2.13. The van der Waals surface area contributed by atoms with Gasteiger partial charge in [0.1, 0.15) is 0 Å². The molecule has 1 aromatic carbocycles. The molecular weight excluding hydrogens is 232 g/mol. The highest BCUT2D eigenvalue weighted by molar-refractivity contribution is 6.19. The molecule has 0 bridgehead atoms. The molecule has 0 fully saturated rings. The van der Waals surface area contributed by atoms with Gasteiger partial charge in [-0.25, -0.2) is 4.68 Å². The summed E-state index contributed by atoms with van der Waals surface area (Å²) in [5.74, 6) is 0.576. The van der Waals surface area contributed by atoms with Crippen molar-refractivity contribution in [2.75, 3.05) is 5.88 Å². The normalized spacial score (nSPS) is 11.8. The van der Waals surface area contributed by atoms with Crippen molar-refractivity contribution in [3.63, 3.8) is 0 Å². The summed E-state index contributed by atoms with van der Waals surface area (Å²) < 4.78 is 1.87. The fourth-order valence-electron chi connectivity index (χ4n) is 1.60. The molecular formula is C14H15ClN2. The number of halogens is 1. The van der Waals surface area contributed by atoms with E-state index in [2.05, 4.69) is 18.1 Å². The Labute approximate surface area is 107 Å². The number of hydrogen-bond donors (Lipinski definition) is 0. The van der Waals surface area contributed by atoms with Gasteiger partial charge in [-0.2, -0.15) is 5.10 Å². The number of hydrogen-bond acceptors (Lipinski definition) is 1. The summed E-state index contributed by atoms with van der Waals surface area (Å²) in [4.78, 5) is 0. The van der Waals surface area contributed by atoms with E-state index in [4.69, 9.17) is 11.6 Å². The van der Waals surface area contributed by atoms with E-state index < -0.39 is 0 Å². The molecule has 0 aliphatic heterocycles. The van der Waals surface area contributed by atoms with E-state index in [-0.39, 0.29) is 0 Å². The molecule has 0 aliphatic carbocycles. The highest BCUT2D eigenvalue weighted by Gasteiger charge is 1.99. The van der Waals surface area contributed by atoms with E-state index in [0.29, 0.717) is 5.88 Å². The molecule has 88 valence electrons. The summed E-state index contributed by atoms with van der Waals surface area (Å²) in [6.45, 7) is 2.11. The van der Waals surface area contributed by atoms with Crippen molar-refractivity contribution in [3.8, 4) is 5.69 Å². The van der Waals surface area contributed by atoms with Crippen molar-refractivity contribution < 1.29 is 0 Å². The van der Waals surface area contributed by atoms with E-state index in [1.807, 2.05) is 47.4 Å². The molecule has 0 spiro atoms. The van der Waals surface area contributed by atoms with Gasteiger partial charge in [0, 0.05) is 17.6 Å². The fraction of sp³-hybridized carbons (Fsp3) is 0.214. The predicted octanol–water partition coefficient (Wildman–Crippen LogP) is 3.90. The topological polar surface area (TPSA) is 17.8 Å². The van der Waals surface area contributed by atoms with E-state index in [1.165, 1.54) is 5.57 Å². The Morgan fingerprint density at radius 2 is 2.12 bits per heavy atom. The number of allylic oxidation sites excluding steroid dienone is 1. The van der Waals surface area contributed by atoms with Crippen LogP contribution in [0.2, 0.25) is 0 Å². The second kappa shape index (κ2) is 5.69. The molecule has 0 atom stereocenters. The van der Waals surface area contributed by atoms with Gasteiger partial charge in [-0.3, -0.25) is 0 Å². The van der Waals surface area contributed by atoms with Crippen LogP contribution in [0.1, 0.15) is 18.9 Å². The third kappa shape index (κ3) is 2.98. The van der Waals surface area contributed by atoms with Crippen molar-refractivity contribution in [2.45, 2.75) is 13.3 Å². The summed E-state index contributed by atoms with van der Waals surface area (Å²) in [7, 11) is 0. The smallest absolute Gasteiger partial charge is 0.0645 e. The number of rotatable bonds is 4. The molecule has 0 amide bonds. The zero-order chi connectivity index (χ0) is 12.1. The van der Waals surface area contributed by atoms with Crippen LogP contribution in [-0.4, -0.2) is 15.7 Å². The summed E-state index contributed by atoms with van der Waals surface area (Å²) >= 11 is 5.85. The van der Waals surface area contributed by atoms with Gasteiger partial charge in [0.25, 0.3) is 0 Å². The van der Waals surface area contributed by atoms with Crippen LogP contribution in [0.4, 0.5) is 0 Å². The summed E-state index contributed by atoms with van der Waals surface area (Å²) in [6.07, 6.45) is 6.94. The van der Waals surface area contributed by atoms with Crippen LogP contribution in [0.3, 0.4) is 0 Å². The largest absolute Gasteiger partial charge is 0.240 e. The quantitative estimate of drug-likeness (QED) is 0.748. The molecule has 1 heterocycles. The van der Waals surface area contributed by atoms with Crippen LogP contribution < -0.4 is 0 Å². The third-order valence-corrected chi connectivity index (χ3v) is 2.96. The lowest BCUT2D eigenvalue weighted by atomic mass is 10.2. The molecule has 0 N–H and O–H groups in total. The molecule has 0 radical (unpaired) electrons. The average molecular weight is 247 g/mol. The van der Waals surface area contributed by atoms with Gasteiger partial charge < -0.3 is 0 Å². The molecule has 2 aromatic rings. The van der Waals surface area contributed by atoms with Crippen LogP contribution in [0.5, 0.6) is 0 Å². The van der Waals surface area contributed by atoms with Crippen LogP contribution >= 0.6 is 11.6 Å². The summed E-state index contributed by atoms with van der Waals surface area (Å²) in [6, 6.07) is 10.1. The van der Waals surface area contributed by atoms with Crippen molar-refractivity contribution in [1.29, 1.82) is 0 Å². The second-order valence-electron chi connectivity index (χ2n) is 3.84. The Hall–Kier alpha value is -1.54. The Kier molecular flexibility index (Phi) is 3.99. The van der Waals surface area contributed by atoms with Gasteiger partial charge in [0.15, 0.2) is 0 Å². The maximum Gasteiger partial charge on any atom is 0.0645 e. The molecule has 17 heavy (non-hydrogen) atoms. The Morgan fingerprint density at radius 1 is 1.35 bits per heavy atom. The Bertz CT molecular complexity index is 494. The number of benzene rings is 1. The van der Waals surface area contributed by atoms with Crippen molar-refractivity contribution in [1.82, 2.24) is 9.78 Å². The first-order chi connectivity index (χ1) is 8.33. The van der Waals surface area contributed by atoms with Gasteiger partial charge in [-0.15, -0.1) is 11.6 Å². The Balaban J connectivity index is 2.25. The minimum Gasteiger partial charge on any atom is -0.240 e. The third-order valence-electron chi connectivity index (χ3n) is 2.62. The number of para-hydroxylation sites is 1. The van der Waals surface area contributed by atoms with E-state index in [9.17, 15) is 0 Å². The SMILES string of the molecule is CCC(=Cc1cnn(-c2ccccc2)c1)CCl. The van der Waals surface area contributed by atoms with Crippen LogP contribution in [0.25, 0.3) is 11.8 Å². The van der Waals surface area contributed by atoms with Crippen molar-refractivity contribution in [2.24, 2.45) is 0 Å². The van der Waals surface area contributed by atoms with Crippen LogP contribution in [-0.2, 0) is 0 Å². The first-order valence-corrected chi connectivity index (χ1v) is 6.22. The second-order valence-corrected chi connectivity index (χ2v) is 4.11. The number of alkyl halides is 1. The molecule has 0 saturated carbocycles. The van der Waals surface area contributed by atoms with Crippen LogP contribution in [0.15, 0.2) is 48.3 Å². The maximum atomic E-state index is 5.85. The van der Waals surface area contributed by atoms with Gasteiger partial charge >= 0.3 is 0 Å². The van der Waals surface area contributed by atoms with Gasteiger partial charge in [-0.1, -0.05) is 36.8 Å². The maximum absolute atomic E-state index is 5.85. The highest BCUT2D eigenvalue weighted by atomic mass is 35.5. The predicted molar refractivity (Wildman–Crippen MR) is 72.6 cm³/mol.